The minimum Gasteiger partial charge on any atom is -0.480 e. The normalized spacial score (nSPS) is 16.4. The number of hydrogen-bond acceptors (Lipinski definition) is 7. The fraction of sp³-hybridized carbons (Fsp3) is 0.222. The lowest BCUT2D eigenvalue weighted by atomic mass is 10.1. The van der Waals surface area contributed by atoms with E-state index < -0.39 is 29.7 Å². The van der Waals surface area contributed by atoms with Crippen molar-refractivity contribution in [1.29, 1.82) is 5.26 Å². The maximum Gasteiger partial charge on any atom is 0.434 e. The van der Waals surface area contributed by atoms with Crippen molar-refractivity contribution < 1.29 is 27.4 Å². The van der Waals surface area contributed by atoms with Crippen LogP contribution in [0.25, 0.3) is 0 Å². The SMILES string of the molecule is COc1ccc(CC2NC(=O)C(Oc3cc(Cl)cc(C#N)c3)=C(C(F)(F)F)N2)nn1. The maximum atomic E-state index is 13.6. The molecule has 8 nitrogen and oxygen atoms in total. The molecule has 1 unspecified atom stereocenters. The Balaban J connectivity index is 1.88. The van der Waals surface area contributed by atoms with Crippen molar-refractivity contribution in [2.24, 2.45) is 0 Å². The highest BCUT2D eigenvalue weighted by atomic mass is 35.5. The third-order valence-corrected chi connectivity index (χ3v) is 4.10. The Labute approximate surface area is 173 Å². The van der Waals surface area contributed by atoms with Crippen LogP contribution in [0.5, 0.6) is 11.6 Å². The molecule has 12 heteroatoms. The lowest BCUT2D eigenvalue weighted by Crippen LogP contribution is -2.55. The van der Waals surface area contributed by atoms with E-state index in [0.717, 1.165) is 0 Å². The van der Waals surface area contributed by atoms with E-state index in [4.69, 9.17) is 26.3 Å². The predicted octanol–water partition coefficient (Wildman–Crippen LogP) is 2.45. The molecule has 1 aliphatic rings. The Morgan fingerprint density at radius 1 is 1.23 bits per heavy atom. The zero-order valence-electron chi connectivity index (χ0n) is 15.2. The van der Waals surface area contributed by atoms with Gasteiger partial charge in [0.2, 0.25) is 11.6 Å². The summed E-state index contributed by atoms with van der Waals surface area (Å²) in [5.74, 6) is -2.03. The van der Waals surface area contributed by atoms with Crippen molar-refractivity contribution >= 4 is 17.5 Å². The maximum absolute atomic E-state index is 13.6. The molecule has 0 saturated carbocycles. The monoisotopic (exact) mass is 439 g/mol. The Bertz CT molecular complexity index is 1030. The van der Waals surface area contributed by atoms with Crippen molar-refractivity contribution in [2.45, 2.75) is 18.8 Å². The summed E-state index contributed by atoms with van der Waals surface area (Å²) in [6.45, 7) is 0. The number of aromatic nitrogens is 2. The Hall–Kier alpha value is -3.52. The molecule has 3 rings (SSSR count). The van der Waals surface area contributed by atoms with Crippen molar-refractivity contribution in [3.8, 4) is 17.7 Å². The second kappa shape index (κ2) is 8.46. The summed E-state index contributed by atoms with van der Waals surface area (Å²) >= 11 is 5.84. The number of hydrogen-bond donors (Lipinski definition) is 2. The fourth-order valence-electron chi connectivity index (χ4n) is 2.60. The number of allylic oxidation sites excluding steroid dienone is 1. The molecule has 0 fully saturated rings. The van der Waals surface area contributed by atoms with Gasteiger partial charge in [0.1, 0.15) is 11.9 Å². The van der Waals surface area contributed by atoms with Crippen LogP contribution in [0.4, 0.5) is 13.2 Å². The third-order valence-electron chi connectivity index (χ3n) is 3.88. The summed E-state index contributed by atoms with van der Waals surface area (Å²) in [4.78, 5) is 12.4. The summed E-state index contributed by atoms with van der Waals surface area (Å²) in [6.07, 6.45) is -6.10. The predicted molar refractivity (Wildman–Crippen MR) is 97.2 cm³/mol. The number of nitrogens with zero attached hydrogens (tertiary/aromatic N) is 3. The second-order valence-electron chi connectivity index (χ2n) is 6.03. The largest absolute Gasteiger partial charge is 0.480 e. The van der Waals surface area contributed by atoms with Gasteiger partial charge in [0, 0.05) is 17.5 Å². The van der Waals surface area contributed by atoms with Crippen LogP contribution in [0.15, 0.2) is 41.8 Å². The average molecular weight is 440 g/mol. The molecule has 0 bridgehead atoms. The van der Waals surface area contributed by atoms with Gasteiger partial charge in [-0.2, -0.15) is 23.5 Å². The molecule has 30 heavy (non-hydrogen) atoms. The van der Waals surface area contributed by atoms with E-state index in [1.807, 2.05) is 0 Å². The summed E-state index contributed by atoms with van der Waals surface area (Å²) in [5, 5.41) is 21.2. The number of rotatable bonds is 5. The number of methoxy groups -OCH3 is 1. The molecule has 2 aromatic rings. The number of halogens is 4. The van der Waals surface area contributed by atoms with Gasteiger partial charge in [-0.15, -0.1) is 5.10 Å². The average Bonchev–Trinajstić information content (AvgIpc) is 2.69. The highest BCUT2D eigenvalue weighted by Gasteiger charge is 2.44. The first kappa shape index (κ1) is 21.2. The van der Waals surface area contributed by atoms with Gasteiger partial charge < -0.3 is 20.1 Å². The molecule has 0 radical (unpaired) electrons. The summed E-state index contributed by atoms with van der Waals surface area (Å²) in [6, 6.07) is 8.47. The minimum atomic E-state index is -4.91. The molecule has 156 valence electrons. The van der Waals surface area contributed by atoms with Crippen LogP contribution >= 0.6 is 11.6 Å². The number of amides is 1. The number of nitriles is 1. The van der Waals surface area contributed by atoms with E-state index in [0.29, 0.717) is 5.69 Å². The molecule has 1 atom stereocenters. The molecule has 0 spiro atoms. The molecule has 2 N–H and O–H groups in total. The molecule has 1 amide bonds. The van der Waals surface area contributed by atoms with Crippen molar-refractivity contribution in [3.05, 3.63) is 58.1 Å². The quantitative estimate of drug-likeness (QED) is 0.736. The van der Waals surface area contributed by atoms with Gasteiger partial charge >= 0.3 is 6.18 Å². The Morgan fingerprint density at radius 3 is 2.60 bits per heavy atom. The van der Waals surface area contributed by atoms with Crippen LogP contribution in [0.2, 0.25) is 5.02 Å². The third kappa shape index (κ3) is 4.90. The molecule has 1 aliphatic heterocycles. The highest BCUT2D eigenvalue weighted by Crippen LogP contribution is 2.31. The van der Waals surface area contributed by atoms with Crippen LogP contribution in [0, 0.1) is 11.3 Å². The molecule has 1 aromatic heterocycles. The lowest BCUT2D eigenvalue weighted by molar-refractivity contribution is -0.127. The van der Waals surface area contributed by atoms with E-state index in [9.17, 15) is 18.0 Å². The first-order valence-corrected chi connectivity index (χ1v) is 8.71. The number of alkyl halides is 3. The van der Waals surface area contributed by atoms with E-state index >= 15 is 0 Å². The van der Waals surface area contributed by atoms with E-state index in [2.05, 4.69) is 20.8 Å². The van der Waals surface area contributed by atoms with Gasteiger partial charge in [-0.1, -0.05) is 11.6 Å². The number of nitrogens with one attached hydrogen (secondary N) is 2. The number of benzene rings is 1. The van der Waals surface area contributed by atoms with E-state index in [1.165, 1.54) is 37.4 Å². The van der Waals surface area contributed by atoms with Crippen LogP contribution in [-0.4, -0.2) is 35.6 Å². The van der Waals surface area contributed by atoms with Crippen LogP contribution in [0.3, 0.4) is 0 Å². The van der Waals surface area contributed by atoms with E-state index in [1.54, 1.807) is 6.07 Å². The lowest BCUT2D eigenvalue weighted by Gasteiger charge is -2.30. The molecular weight excluding hydrogens is 427 g/mol. The van der Waals surface area contributed by atoms with Crippen LogP contribution < -0.4 is 20.1 Å². The molecular formula is C18H13ClF3N5O3. The number of ether oxygens (including phenoxy) is 2. The van der Waals surface area contributed by atoms with Crippen molar-refractivity contribution in [3.63, 3.8) is 0 Å². The molecule has 2 heterocycles. The van der Waals surface area contributed by atoms with Crippen LogP contribution in [0.1, 0.15) is 11.3 Å². The van der Waals surface area contributed by atoms with E-state index in [-0.39, 0.29) is 28.6 Å². The Morgan fingerprint density at radius 2 is 2.00 bits per heavy atom. The molecule has 1 aromatic carbocycles. The summed E-state index contributed by atoms with van der Waals surface area (Å²) in [7, 11) is 1.40. The topological polar surface area (TPSA) is 109 Å². The number of carbonyl (C=O) groups excluding carboxylic acids is 1. The first-order chi connectivity index (χ1) is 14.2. The van der Waals surface area contributed by atoms with Gasteiger partial charge in [-0.05, 0) is 24.3 Å². The summed E-state index contributed by atoms with van der Waals surface area (Å²) in [5.41, 5.74) is -0.976. The van der Waals surface area contributed by atoms with Gasteiger partial charge in [0.15, 0.2) is 5.70 Å². The van der Waals surface area contributed by atoms with Crippen molar-refractivity contribution in [2.75, 3.05) is 7.11 Å². The molecule has 0 saturated heterocycles. The Kier molecular flexibility index (Phi) is 5.98. The second-order valence-corrected chi connectivity index (χ2v) is 6.47. The minimum absolute atomic E-state index is 0.0618. The van der Waals surface area contributed by atoms with Gasteiger partial charge in [-0.3, -0.25) is 4.79 Å². The van der Waals surface area contributed by atoms with Crippen molar-refractivity contribution in [1.82, 2.24) is 20.8 Å². The standard InChI is InChI=1S/C18H13ClF3N5O3/c1-29-14-3-2-11(26-27-14)7-13-24-16(18(20,21)22)15(17(28)25-13)30-12-5-9(8-23)4-10(19)6-12/h2-6,13,24H,7H2,1H3,(H,25,28). The van der Waals surface area contributed by atoms with Crippen LogP contribution in [-0.2, 0) is 11.2 Å². The highest BCUT2D eigenvalue weighted by molar-refractivity contribution is 6.30. The zero-order valence-corrected chi connectivity index (χ0v) is 16.0. The number of carbonyl (C=O) groups is 1. The first-order valence-electron chi connectivity index (χ1n) is 8.33. The zero-order chi connectivity index (χ0) is 21.9. The fourth-order valence-corrected chi connectivity index (χ4v) is 2.83. The van der Waals surface area contributed by atoms with Gasteiger partial charge in [0.25, 0.3) is 5.91 Å². The van der Waals surface area contributed by atoms with Gasteiger partial charge in [0.05, 0.1) is 24.4 Å². The molecule has 0 aliphatic carbocycles. The smallest absolute Gasteiger partial charge is 0.434 e. The summed E-state index contributed by atoms with van der Waals surface area (Å²) < 4.78 is 50.8. The van der Waals surface area contributed by atoms with Gasteiger partial charge in [-0.25, -0.2) is 0 Å².